The van der Waals surface area contributed by atoms with Gasteiger partial charge in [0.25, 0.3) is 0 Å². The topological polar surface area (TPSA) is 34.1 Å². The molecule has 0 fully saturated rings. The van der Waals surface area contributed by atoms with Crippen molar-refractivity contribution in [2.24, 2.45) is 0 Å². The van der Waals surface area contributed by atoms with Gasteiger partial charge < -0.3 is 0 Å². The zero-order valence-corrected chi connectivity index (χ0v) is 15.8. The number of Topliss-reactive ketones (excluding diaryl/α,β-unsaturated/α-hetero) is 2. The molecule has 0 N–H and O–H groups in total. The molecule has 2 aromatic carbocycles. The van der Waals surface area contributed by atoms with E-state index in [1.165, 1.54) is 11.1 Å². The second kappa shape index (κ2) is 8.75. The maximum atomic E-state index is 12.2. The van der Waals surface area contributed by atoms with E-state index in [-0.39, 0.29) is 11.6 Å². The van der Waals surface area contributed by atoms with Crippen molar-refractivity contribution >= 4 is 11.6 Å². The van der Waals surface area contributed by atoms with Crippen molar-refractivity contribution in [2.75, 3.05) is 0 Å². The Morgan fingerprint density at radius 1 is 0.600 bits per heavy atom. The number of aryl methyl sites for hydroxylation is 4. The largest absolute Gasteiger partial charge is 0.294 e. The SMILES string of the molecule is Cc1ccc(C(=O)CCCCCC(=O)c2ccc(C)c(C)c2)cc1C. The fraction of sp³-hybridized carbons (Fsp3) is 0.391. The van der Waals surface area contributed by atoms with Gasteiger partial charge in [0.1, 0.15) is 0 Å². The van der Waals surface area contributed by atoms with Gasteiger partial charge in [-0.15, -0.1) is 0 Å². The van der Waals surface area contributed by atoms with E-state index < -0.39 is 0 Å². The number of unbranched alkanes of at least 4 members (excludes halogenated alkanes) is 2. The third kappa shape index (κ3) is 5.38. The van der Waals surface area contributed by atoms with Gasteiger partial charge in [0.05, 0.1) is 0 Å². The molecule has 25 heavy (non-hydrogen) atoms. The molecule has 0 unspecified atom stereocenters. The first-order chi connectivity index (χ1) is 11.9. The molecule has 2 nitrogen and oxygen atoms in total. The quantitative estimate of drug-likeness (QED) is 0.442. The average Bonchev–Trinajstić information content (AvgIpc) is 2.59. The van der Waals surface area contributed by atoms with Crippen molar-refractivity contribution in [2.45, 2.75) is 59.8 Å². The molecule has 0 aromatic heterocycles. The minimum Gasteiger partial charge on any atom is -0.294 e. The molecule has 0 radical (unpaired) electrons. The van der Waals surface area contributed by atoms with Crippen LogP contribution in [0, 0.1) is 27.7 Å². The Morgan fingerprint density at radius 3 is 1.36 bits per heavy atom. The predicted molar refractivity (Wildman–Crippen MR) is 104 cm³/mol. The highest BCUT2D eigenvalue weighted by Crippen LogP contribution is 2.16. The van der Waals surface area contributed by atoms with E-state index in [1.54, 1.807) is 0 Å². The molecule has 0 amide bonds. The molecule has 0 saturated heterocycles. The van der Waals surface area contributed by atoms with Crippen LogP contribution in [0.2, 0.25) is 0 Å². The summed E-state index contributed by atoms with van der Waals surface area (Å²) in [6.45, 7) is 8.17. The van der Waals surface area contributed by atoms with Crippen LogP contribution in [0.1, 0.15) is 75.1 Å². The fourth-order valence-electron chi connectivity index (χ4n) is 2.87. The minimum atomic E-state index is 0.198. The standard InChI is InChI=1S/C23H28O2/c1-16-10-12-20(14-18(16)3)22(24)8-6-5-7-9-23(25)21-13-11-17(2)19(4)15-21/h10-15H,5-9H2,1-4H3. The fourth-order valence-corrected chi connectivity index (χ4v) is 2.87. The molecule has 0 spiro atoms. The first kappa shape index (κ1) is 19.1. The Kier molecular flexibility index (Phi) is 6.69. The molecule has 0 bridgehead atoms. The van der Waals surface area contributed by atoms with Crippen LogP contribution in [0.25, 0.3) is 0 Å². The van der Waals surface area contributed by atoms with Crippen LogP contribution in [0.4, 0.5) is 0 Å². The summed E-state index contributed by atoms with van der Waals surface area (Å²) in [6.07, 6.45) is 3.70. The van der Waals surface area contributed by atoms with Gasteiger partial charge in [-0.1, -0.05) is 30.7 Å². The lowest BCUT2D eigenvalue weighted by Crippen LogP contribution is -2.02. The van der Waals surface area contributed by atoms with Gasteiger partial charge in [-0.2, -0.15) is 0 Å². The van der Waals surface area contributed by atoms with Gasteiger partial charge in [-0.25, -0.2) is 0 Å². The molecule has 2 heteroatoms. The molecule has 0 aliphatic carbocycles. The Hall–Kier alpha value is -2.22. The number of hydrogen-bond donors (Lipinski definition) is 0. The minimum absolute atomic E-state index is 0.198. The van der Waals surface area contributed by atoms with Crippen LogP contribution in [0.5, 0.6) is 0 Å². The van der Waals surface area contributed by atoms with E-state index in [9.17, 15) is 9.59 Å². The molecule has 0 aliphatic rings. The van der Waals surface area contributed by atoms with E-state index in [1.807, 2.05) is 50.2 Å². The average molecular weight is 336 g/mol. The number of benzene rings is 2. The maximum Gasteiger partial charge on any atom is 0.162 e. The van der Waals surface area contributed by atoms with E-state index in [4.69, 9.17) is 0 Å². The van der Waals surface area contributed by atoms with Crippen LogP contribution in [0.15, 0.2) is 36.4 Å². The summed E-state index contributed by atoms with van der Waals surface area (Å²) in [5, 5.41) is 0. The second-order valence-corrected chi connectivity index (χ2v) is 7.01. The summed E-state index contributed by atoms with van der Waals surface area (Å²) >= 11 is 0. The van der Waals surface area contributed by atoms with Gasteiger partial charge in [0.15, 0.2) is 11.6 Å². The number of rotatable bonds is 8. The van der Waals surface area contributed by atoms with E-state index in [0.29, 0.717) is 12.8 Å². The summed E-state index contributed by atoms with van der Waals surface area (Å²) < 4.78 is 0. The van der Waals surface area contributed by atoms with Crippen LogP contribution in [-0.2, 0) is 0 Å². The van der Waals surface area contributed by atoms with Crippen molar-refractivity contribution in [3.63, 3.8) is 0 Å². The zero-order chi connectivity index (χ0) is 18.4. The van der Waals surface area contributed by atoms with Gasteiger partial charge in [-0.05, 0) is 74.9 Å². The van der Waals surface area contributed by atoms with Gasteiger partial charge >= 0.3 is 0 Å². The first-order valence-electron chi connectivity index (χ1n) is 9.09. The predicted octanol–water partition coefficient (Wildman–Crippen LogP) is 5.94. The molecule has 0 atom stereocenters. The molecule has 2 rings (SSSR count). The van der Waals surface area contributed by atoms with Gasteiger partial charge in [0.2, 0.25) is 0 Å². The van der Waals surface area contributed by atoms with Gasteiger partial charge in [0, 0.05) is 24.0 Å². The van der Waals surface area contributed by atoms with Crippen molar-refractivity contribution in [3.8, 4) is 0 Å². The monoisotopic (exact) mass is 336 g/mol. The first-order valence-corrected chi connectivity index (χ1v) is 9.09. The molecule has 0 aliphatic heterocycles. The molecular formula is C23H28O2. The molecule has 0 saturated carbocycles. The van der Waals surface area contributed by atoms with Gasteiger partial charge in [-0.3, -0.25) is 9.59 Å². The highest BCUT2D eigenvalue weighted by Gasteiger charge is 2.09. The lowest BCUT2D eigenvalue weighted by molar-refractivity contribution is 0.0978. The summed E-state index contributed by atoms with van der Waals surface area (Å²) in [7, 11) is 0. The third-order valence-electron chi connectivity index (χ3n) is 4.97. The smallest absolute Gasteiger partial charge is 0.162 e. The summed E-state index contributed by atoms with van der Waals surface area (Å²) in [6, 6.07) is 11.8. The van der Waals surface area contributed by atoms with Crippen LogP contribution in [-0.4, -0.2) is 11.6 Å². The molecule has 0 heterocycles. The number of hydrogen-bond acceptors (Lipinski definition) is 2. The highest BCUT2D eigenvalue weighted by molar-refractivity contribution is 5.96. The van der Waals surface area contributed by atoms with E-state index in [2.05, 4.69) is 13.8 Å². The van der Waals surface area contributed by atoms with Crippen molar-refractivity contribution in [1.82, 2.24) is 0 Å². The Balaban J connectivity index is 1.73. The van der Waals surface area contributed by atoms with E-state index >= 15 is 0 Å². The number of carbonyl (C=O) groups is 2. The third-order valence-corrected chi connectivity index (χ3v) is 4.97. The van der Waals surface area contributed by atoms with E-state index in [0.717, 1.165) is 41.5 Å². The molecular weight excluding hydrogens is 308 g/mol. The maximum absolute atomic E-state index is 12.2. The Morgan fingerprint density at radius 2 is 1.00 bits per heavy atom. The van der Waals surface area contributed by atoms with Crippen molar-refractivity contribution < 1.29 is 9.59 Å². The Bertz CT molecular complexity index is 706. The van der Waals surface area contributed by atoms with Crippen LogP contribution < -0.4 is 0 Å². The normalized spacial score (nSPS) is 10.7. The lowest BCUT2D eigenvalue weighted by atomic mass is 9.98. The lowest BCUT2D eigenvalue weighted by Gasteiger charge is -2.06. The van der Waals surface area contributed by atoms with Crippen LogP contribution in [0.3, 0.4) is 0 Å². The van der Waals surface area contributed by atoms with Crippen molar-refractivity contribution in [3.05, 3.63) is 69.8 Å². The second-order valence-electron chi connectivity index (χ2n) is 7.01. The zero-order valence-electron chi connectivity index (χ0n) is 15.8. The molecule has 2 aromatic rings. The number of ketones is 2. The summed E-state index contributed by atoms with van der Waals surface area (Å²) in [5.74, 6) is 0.396. The van der Waals surface area contributed by atoms with Crippen molar-refractivity contribution in [1.29, 1.82) is 0 Å². The summed E-state index contributed by atoms with van der Waals surface area (Å²) in [4.78, 5) is 24.5. The summed E-state index contributed by atoms with van der Waals surface area (Å²) in [5.41, 5.74) is 6.33. The Labute approximate surface area is 151 Å². The van der Waals surface area contributed by atoms with Crippen LogP contribution >= 0.6 is 0 Å². The highest BCUT2D eigenvalue weighted by atomic mass is 16.1. The number of carbonyl (C=O) groups excluding carboxylic acids is 2. The molecule has 132 valence electrons.